The number of benzene rings is 2. The Hall–Kier alpha value is -2.38. The molecule has 0 spiro atoms. The molecule has 0 aliphatic carbocycles. The number of ether oxygens (including phenoxy) is 1. The highest BCUT2D eigenvalue weighted by Gasteiger charge is 2.17. The van der Waals surface area contributed by atoms with Crippen LogP contribution in [-0.2, 0) is 27.7 Å². The Morgan fingerprint density at radius 3 is 2.56 bits per heavy atom. The first-order valence-corrected chi connectivity index (χ1v) is 9.37. The van der Waals surface area contributed by atoms with Crippen molar-refractivity contribution in [2.75, 3.05) is 26.0 Å². The fourth-order valence-electron chi connectivity index (χ4n) is 2.66. The summed E-state index contributed by atoms with van der Waals surface area (Å²) < 4.78 is 30.7. The molecule has 3 rings (SSSR count). The molecule has 2 aromatic carbocycles. The molecule has 7 heteroatoms. The van der Waals surface area contributed by atoms with Gasteiger partial charge in [-0.1, -0.05) is 12.1 Å². The summed E-state index contributed by atoms with van der Waals surface area (Å²) in [5, 5.41) is 2.79. The van der Waals surface area contributed by atoms with Crippen molar-refractivity contribution in [3.05, 3.63) is 53.6 Å². The number of nitrogens with zero attached hydrogens (tertiary/aromatic N) is 1. The standard InChI is InChI=1S/C18H20N2O4S/c1-20(2)25(22,23)16-6-4-15(5-7-16)19-18(21)12-13-3-8-17-14(11-13)9-10-24-17/h3-8,11H,9-10,12H2,1-2H3,(H,19,21). The van der Waals surface area contributed by atoms with E-state index in [0.717, 1.165) is 27.6 Å². The summed E-state index contributed by atoms with van der Waals surface area (Å²) in [5.74, 6) is 0.740. The molecular formula is C18H20N2O4S. The molecule has 1 aliphatic rings. The van der Waals surface area contributed by atoms with E-state index < -0.39 is 10.0 Å². The first-order chi connectivity index (χ1) is 11.9. The number of sulfonamides is 1. The van der Waals surface area contributed by atoms with Crippen LogP contribution in [0.2, 0.25) is 0 Å². The molecule has 0 bridgehead atoms. The van der Waals surface area contributed by atoms with Crippen LogP contribution >= 0.6 is 0 Å². The van der Waals surface area contributed by atoms with Gasteiger partial charge in [0.2, 0.25) is 15.9 Å². The maximum atomic E-state index is 12.2. The first-order valence-electron chi connectivity index (χ1n) is 7.93. The maximum absolute atomic E-state index is 12.2. The van der Waals surface area contributed by atoms with Crippen molar-refractivity contribution in [3.8, 4) is 5.75 Å². The first kappa shape index (κ1) is 17.4. The van der Waals surface area contributed by atoms with Crippen LogP contribution in [0.4, 0.5) is 5.69 Å². The summed E-state index contributed by atoms with van der Waals surface area (Å²) >= 11 is 0. The Labute approximate surface area is 147 Å². The third-order valence-corrected chi connectivity index (χ3v) is 5.86. The summed E-state index contributed by atoms with van der Waals surface area (Å²) in [6.45, 7) is 0.688. The van der Waals surface area contributed by atoms with Gasteiger partial charge in [0.05, 0.1) is 17.9 Å². The van der Waals surface area contributed by atoms with E-state index in [2.05, 4.69) is 5.32 Å². The summed E-state index contributed by atoms with van der Waals surface area (Å²) in [5.41, 5.74) is 2.62. The molecule has 25 heavy (non-hydrogen) atoms. The van der Waals surface area contributed by atoms with E-state index in [1.807, 2.05) is 18.2 Å². The van der Waals surface area contributed by atoms with Crippen LogP contribution in [0.5, 0.6) is 5.75 Å². The van der Waals surface area contributed by atoms with Gasteiger partial charge in [0.25, 0.3) is 0 Å². The van der Waals surface area contributed by atoms with Crippen molar-refractivity contribution in [2.24, 2.45) is 0 Å². The van der Waals surface area contributed by atoms with Gasteiger partial charge in [0.1, 0.15) is 5.75 Å². The molecule has 0 unspecified atom stereocenters. The average molecular weight is 360 g/mol. The third-order valence-electron chi connectivity index (χ3n) is 4.04. The Bertz CT molecular complexity index is 890. The molecular weight excluding hydrogens is 340 g/mol. The molecule has 1 amide bonds. The summed E-state index contributed by atoms with van der Waals surface area (Å²) in [7, 11) is -0.510. The topological polar surface area (TPSA) is 75.7 Å². The molecule has 0 atom stereocenters. The zero-order valence-electron chi connectivity index (χ0n) is 14.2. The van der Waals surface area contributed by atoms with Gasteiger partial charge < -0.3 is 10.1 Å². The van der Waals surface area contributed by atoms with Crippen molar-refractivity contribution in [3.63, 3.8) is 0 Å². The number of carbonyl (C=O) groups is 1. The van der Waals surface area contributed by atoms with Crippen LogP contribution in [-0.4, -0.2) is 39.3 Å². The number of carbonyl (C=O) groups excluding carboxylic acids is 1. The number of hydrogen-bond acceptors (Lipinski definition) is 4. The van der Waals surface area contributed by atoms with Gasteiger partial charge >= 0.3 is 0 Å². The molecule has 0 saturated carbocycles. The normalized spacial score (nSPS) is 13.4. The largest absolute Gasteiger partial charge is 0.493 e. The Balaban J connectivity index is 1.65. The van der Waals surface area contributed by atoms with E-state index in [4.69, 9.17) is 4.74 Å². The second-order valence-corrected chi connectivity index (χ2v) is 8.23. The number of amides is 1. The molecule has 0 fully saturated rings. The molecule has 1 heterocycles. The van der Waals surface area contributed by atoms with E-state index in [1.165, 1.54) is 26.2 Å². The molecule has 0 aromatic heterocycles. The highest BCUT2D eigenvalue weighted by Crippen LogP contribution is 2.26. The average Bonchev–Trinajstić information content (AvgIpc) is 3.02. The summed E-state index contributed by atoms with van der Waals surface area (Å²) in [6, 6.07) is 11.9. The lowest BCUT2D eigenvalue weighted by Crippen LogP contribution is -2.22. The van der Waals surface area contributed by atoms with Crippen molar-refractivity contribution in [1.29, 1.82) is 0 Å². The summed E-state index contributed by atoms with van der Waals surface area (Å²) in [6.07, 6.45) is 1.12. The zero-order chi connectivity index (χ0) is 18.0. The molecule has 2 aromatic rings. The minimum Gasteiger partial charge on any atom is -0.493 e. The highest BCUT2D eigenvalue weighted by molar-refractivity contribution is 7.89. The van der Waals surface area contributed by atoms with Gasteiger partial charge in [0.15, 0.2) is 0 Å². The molecule has 1 aliphatic heterocycles. The minimum atomic E-state index is -3.47. The van der Waals surface area contributed by atoms with Gasteiger partial charge in [-0.25, -0.2) is 12.7 Å². The van der Waals surface area contributed by atoms with Crippen LogP contribution in [0.15, 0.2) is 47.4 Å². The minimum absolute atomic E-state index is 0.151. The van der Waals surface area contributed by atoms with Gasteiger partial charge in [-0.05, 0) is 41.5 Å². The van der Waals surface area contributed by atoms with Gasteiger partial charge in [0, 0.05) is 26.2 Å². The van der Waals surface area contributed by atoms with Gasteiger partial charge in [-0.2, -0.15) is 0 Å². The lowest BCUT2D eigenvalue weighted by molar-refractivity contribution is -0.115. The molecule has 0 saturated heterocycles. The summed E-state index contributed by atoms with van der Waals surface area (Å²) in [4.78, 5) is 12.4. The Morgan fingerprint density at radius 2 is 1.88 bits per heavy atom. The monoisotopic (exact) mass is 360 g/mol. The number of nitrogens with one attached hydrogen (secondary N) is 1. The van der Waals surface area contributed by atoms with Crippen molar-refractivity contribution in [2.45, 2.75) is 17.7 Å². The number of anilines is 1. The molecule has 0 radical (unpaired) electrons. The number of fused-ring (bicyclic) bond motifs is 1. The fourth-order valence-corrected chi connectivity index (χ4v) is 3.56. The van der Waals surface area contributed by atoms with Crippen molar-refractivity contribution in [1.82, 2.24) is 4.31 Å². The second kappa shape index (κ2) is 6.85. The Morgan fingerprint density at radius 1 is 1.16 bits per heavy atom. The van der Waals surface area contributed by atoms with E-state index in [1.54, 1.807) is 12.1 Å². The van der Waals surface area contributed by atoms with Crippen LogP contribution in [0.3, 0.4) is 0 Å². The SMILES string of the molecule is CN(C)S(=O)(=O)c1ccc(NC(=O)Cc2ccc3c(c2)CCO3)cc1. The lowest BCUT2D eigenvalue weighted by atomic mass is 10.1. The number of rotatable bonds is 5. The fraction of sp³-hybridized carbons (Fsp3) is 0.278. The number of hydrogen-bond donors (Lipinski definition) is 1. The van der Waals surface area contributed by atoms with E-state index in [9.17, 15) is 13.2 Å². The van der Waals surface area contributed by atoms with Crippen LogP contribution < -0.4 is 10.1 Å². The molecule has 6 nitrogen and oxygen atoms in total. The van der Waals surface area contributed by atoms with Crippen LogP contribution in [0, 0.1) is 0 Å². The van der Waals surface area contributed by atoms with Crippen LogP contribution in [0.25, 0.3) is 0 Å². The predicted molar refractivity (Wildman–Crippen MR) is 95.3 cm³/mol. The quantitative estimate of drug-likeness (QED) is 0.885. The van der Waals surface area contributed by atoms with Crippen LogP contribution in [0.1, 0.15) is 11.1 Å². The second-order valence-electron chi connectivity index (χ2n) is 6.08. The third kappa shape index (κ3) is 3.83. The smallest absolute Gasteiger partial charge is 0.242 e. The maximum Gasteiger partial charge on any atom is 0.242 e. The van der Waals surface area contributed by atoms with Gasteiger partial charge in [-0.3, -0.25) is 4.79 Å². The predicted octanol–water partition coefficient (Wildman–Crippen LogP) is 2.05. The lowest BCUT2D eigenvalue weighted by Gasteiger charge is -2.12. The van der Waals surface area contributed by atoms with Crippen molar-refractivity contribution < 1.29 is 17.9 Å². The van der Waals surface area contributed by atoms with E-state index in [0.29, 0.717) is 12.3 Å². The van der Waals surface area contributed by atoms with E-state index >= 15 is 0 Å². The van der Waals surface area contributed by atoms with E-state index in [-0.39, 0.29) is 17.2 Å². The van der Waals surface area contributed by atoms with Gasteiger partial charge in [-0.15, -0.1) is 0 Å². The molecule has 1 N–H and O–H groups in total. The molecule has 132 valence electrons. The zero-order valence-corrected chi connectivity index (χ0v) is 15.0. The highest BCUT2D eigenvalue weighted by atomic mass is 32.2. The Kier molecular flexibility index (Phi) is 4.78. The van der Waals surface area contributed by atoms with Crippen molar-refractivity contribution >= 4 is 21.6 Å².